The molecule has 0 spiro atoms. The maximum atomic E-state index is 13.5. The van der Waals surface area contributed by atoms with Gasteiger partial charge in [0.25, 0.3) is 10.0 Å². The number of anilines is 3. The number of benzene rings is 3. The molecule has 2 N–H and O–H groups in total. The zero-order valence-corrected chi connectivity index (χ0v) is 18.9. The molecule has 0 saturated carbocycles. The molecule has 7 nitrogen and oxygen atoms in total. The molecule has 0 aliphatic rings. The lowest BCUT2D eigenvalue weighted by molar-refractivity contribution is -0.115. The third-order valence-electron chi connectivity index (χ3n) is 4.72. The van der Waals surface area contributed by atoms with E-state index in [1.165, 1.54) is 19.1 Å². The van der Waals surface area contributed by atoms with E-state index in [-0.39, 0.29) is 10.8 Å². The van der Waals surface area contributed by atoms with E-state index >= 15 is 0 Å². The van der Waals surface area contributed by atoms with Crippen LogP contribution in [0.15, 0.2) is 77.7 Å². The highest BCUT2D eigenvalue weighted by Crippen LogP contribution is 2.28. The summed E-state index contributed by atoms with van der Waals surface area (Å²) in [5.41, 5.74) is 3.02. The van der Waals surface area contributed by atoms with Crippen molar-refractivity contribution in [3.8, 4) is 0 Å². The maximum absolute atomic E-state index is 13.5. The molecule has 0 aliphatic carbocycles. The zero-order chi connectivity index (χ0) is 23.3. The number of rotatable bonds is 7. The number of carbonyl (C=O) groups is 2. The first-order chi connectivity index (χ1) is 15.2. The number of nitrogens with zero attached hydrogens (tertiary/aromatic N) is 1. The molecule has 0 aromatic heterocycles. The Labute approximate surface area is 188 Å². The van der Waals surface area contributed by atoms with Crippen LogP contribution in [-0.2, 0) is 19.6 Å². The van der Waals surface area contributed by atoms with E-state index in [0.29, 0.717) is 17.1 Å². The van der Waals surface area contributed by atoms with Crippen LogP contribution >= 0.6 is 0 Å². The summed E-state index contributed by atoms with van der Waals surface area (Å²) in [6.07, 6.45) is 0. The molecule has 0 heterocycles. The standard InChI is InChI=1S/C24H25N3O4S/c1-17-12-13-18(2)23(14-17)27(32(30,31)22-10-5-4-6-11-22)16-24(29)26-21-9-7-8-20(15-21)25-19(3)28/h4-15H,16H2,1-3H3,(H,25,28)(H,26,29). The van der Waals surface area contributed by atoms with Crippen molar-refractivity contribution in [2.45, 2.75) is 25.7 Å². The molecular formula is C24H25N3O4S. The van der Waals surface area contributed by atoms with Gasteiger partial charge in [-0.1, -0.05) is 36.4 Å². The number of sulfonamides is 1. The smallest absolute Gasteiger partial charge is 0.264 e. The molecule has 0 fully saturated rings. The van der Waals surface area contributed by atoms with E-state index in [1.807, 2.05) is 19.1 Å². The van der Waals surface area contributed by atoms with Crippen LogP contribution in [0.1, 0.15) is 18.1 Å². The quantitative estimate of drug-likeness (QED) is 0.565. The number of hydrogen-bond donors (Lipinski definition) is 2. The molecule has 0 bridgehead atoms. The Bertz CT molecular complexity index is 1240. The lowest BCUT2D eigenvalue weighted by Crippen LogP contribution is -2.38. The lowest BCUT2D eigenvalue weighted by atomic mass is 10.1. The van der Waals surface area contributed by atoms with Crippen LogP contribution in [-0.4, -0.2) is 26.8 Å². The Kier molecular flexibility index (Phi) is 6.95. The van der Waals surface area contributed by atoms with Gasteiger partial charge in [0, 0.05) is 18.3 Å². The molecule has 0 atom stereocenters. The monoisotopic (exact) mass is 451 g/mol. The molecule has 8 heteroatoms. The predicted octanol–water partition coefficient (Wildman–Crippen LogP) is 4.10. The van der Waals surface area contributed by atoms with Crippen molar-refractivity contribution in [1.29, 1.82) is 0 Å². The molecule has 166 valence electrons. The minimum absolute atomic E-state index is 0.0985. The maximum Gasteiger partial charge on any atom is 0.264 e. The highest BCUT2D eigenvalue weighted by atomic mass is 32.2. The van der Waals surface area contributed by atoms with Gasteiger partial charge in [0.05, 0.1) is 10.6 Å². The van der Waals surface area contributed by atoms with Gasteiger partial charge in [-0.25, -0.2) is 8.42 Å². The van der Waals surface area contributed by atoms with Crippen LogP contribution in [0.25, 0.3) is 0 Å². The van der Waals surface area contributed by atoms with Crippen molar-refractivity contribution < 1.29 is 18.0 Å². The van der Waals surface area contributed by atoms with Crippen molar-refractivity contribution >= 4 is 38.9 Å². The van der Waals surface area contributed by atoms with E-state index < -0.39 is 22.5 Å². The van der Waals surface area contributed by atoms with Gasteiger partial charge in [-0.05, 0) is 61.4 Å². The largest absolute Gasteiger partial charge is 0.326 e. The molecule has 3 aromatic carbocycles. The predicted molar refractivity (Wildman–Crippen MR) is 126 cm³/mol. The van der Waals surface area contributed by atoms with Crippen LogP contribution in [0.3, 0.4) is 0 Å². The first-order valence-corrected chi connectivity index (χ1v) is 11.4. The second-order valence-corrected chi connectivity index (χ2v) is 9.29. The fourth-order valence-electron chi connectivity index (χ4n) is 3.22. The Morgan fingerprint density at radius 1 is 0.844 bits per heavy atom. The third kappa shape index (κ3) is 5.53. The number of amides is 2. The van der Waals surface area contributed by atoms with Crippen LogP contribution in [0, 0.1) is 13.8 Å². The minimum atomic E-state index is -3.99. The molecule has 0 radical (unpaired) electrons. The zero-order valence-electron chi connectivity index (χ0n) is 18.1. The topological polar surface area (TPSA) is 95.6 Å². The van der Waals surface area contributed by atoms with Gasteiger partial charge in [-0.2, -0.15) is 0 Å². The molecule has 0 unspecified atom stereocenters. The second-order valence-electron chi connectivity index (χ2n) is 7.42. The normalized spacial score (nSPS) is 11.0. The fourth-order valence-corrected chi connectivity index (χ4v) is 4.71. The first-order valence-electron chi connectivity index (χ1n) is 9.99. The molecule has 3 aromatic rings. The van der Waals surface area contributed by atoms with E-state index in [4.69, 9.17) is 0 Å². The lowest BCUT2D eigenvalue weighted by Gasteiger charge is -2.26. The molecule has 0 saturated heterocycles. The summed E-state index contributed by atoms with van der Waals surface area (Å²) in [5, 5.41) is 5.37. The van der Waals surface area contributed by atoms with Crippen LogP contribution in [0.2, 0.25) is 0 Å². The summed E-state index contributed by atoms with van der Waals surface area (Å²) in [4.78, 5) is 24.3. The van der Waals surface area contributed by atoms with Crippen molar-refractivity contribution in [3.05, 3.63) is 83.9 Å². The Morgan fingerprint density at radius 2 is 1.50 bits per heavy atom. The molecular weight excluding hydrogens is 426 g/mol. The van der Waals surface area contributed by atoms with Gasteiger partial charge >= 0.3 is 0 Å². The summed E-state index contributed by atoms with van der Waals surface area (Å²) in [7, 11) is -3.99. The highest BCUT2D eigenvalue weighted by molar-refractivity contribution is 7.92. The summed E-state index contributed by atoms with van der Waals surface area (Å²) in [6, 6.07) is 20.1. The van der Waals surface area contributed by atoms with Gasteiger partial charge in [0.15, 0.2) is 0 Å². The van der Waals surface area contributed by atoms with Crippen LogP contribution < -0.4 is 14.9 Å². The van der Waals surface area contributed by atoms with Crippen molar-refractivity contribution in [3.63, 3.8) is 0 Å². The van der Waals surface area contributed by atoms with E-state index in [1.54, 1.807) is 55.5 Å². The average Bonchev–Trinajstić information content (AvgIpc) is 2.74. The van der Waals surface area contributed by atoms with Crippen LogP contribution in [0.4, 0.5) is 17.1 Å². The van der Waals surface area contributed by atoms with Gasteiger partial charge in [0.1, 0.15) is 6.54 Å². The first kappa shape index (κ1) is 23.0. The highest BCUT2D eigenvalue weighted by Gasteiger charge is 2.28. The average molecular weight is 452 g/mol. The molecule has 0 aliphatic heterocycles. The Balaban J connectivity index is 1.94. The summed E-state index contributed by atoms with van der Waals surface area (Å²) in [6.45, 7) is 4.65. The molecule has 32 heavy (non-hydrogen) atoms. The van der Waals surface area contributed by atoms with Gasteiger partial charge in [0.2, 0.25) is 11.8 Å². The Hall–Kier alpha value is -3.65. The van der Waals surface area contributed by atoms with E-state index in [9.17, 15) is 18.0 Å². The number of aryl methyl sites for hydroxylation is 2. The second kappa shape index (κ2) is 9.65. The minimum Gasteiger partial charge on any atom is -0.326 e. The summed E-state index contributed by atoms with van der Waals surface area (Å²) in [5.74, 6) is -0.742. The Morgan fingerprint density at radius 3 is 2.16 bits per heavy atom. The van der Waals surface area contributed by atoms with Gasteiger partial charge in [-0.3, -0.25) is 13.9 Å². The van der Waals surface area contributed by atoms with Crippen molar-refractivity contribution in [1.82, 2.24) is 0 Å². The summed E-state index contributed by atoms with van der Waals surface area (Å²) < 4.78 is 28.0. The van der Waals surface area contributed by atoms with Crippen molar-refractivity contribution in [2.24, 2.45) is 0 Å². The third-order valence-corrected chi connectivity index (χ3v) is 6.49. The van der Waals surface area contributed by atoms with Crippen LogP contribution in [0.5, 0.6) is 0 Å². The molecule has 3 rings (SSSR count). The summed E-state index contributed by atoms with van der Waals surface area (Å²) >= 11 is 0. The van der Waals surface area contributed by atoms with Gasteiger partial charge < -0.3 is 10.6 Å². The van der Waals surface area contributed by atoms with Gasteiger partial charge in [-0.15, -0.1) is 0 Å². The number of nitrogens with one attached hydrogen (secondary N) is 2. The SMILES string of the molecule is CC(=O)Nc1cccc(NC(=O)CN(c2cc(C)ccc2C)S(=O)(=O)c2ccccc2)c1. The fraction of sp³-hybridized carbons (Fsp3) is 0.167. The van der Waals surface area contributed by atoms with E-state index in [0.717, 1.165) is 15.4 Å². The number of hydrogen-bond acceptors (Lipinski definition) is 4. The van der Waals surface area contributed by atoms with E-state index in [2.05, 4.69) is 10.6 Å². The molecule has 2 amide bonds. The number of carbonyl (C=O) groups excluding carboxylic acids is 2. The van der Waals surface area contributed by atoms with Crippen molar-refractivity contribution in [2.75, 3.05) is 21.5 Å².